The molecule has 1 aromatic heterocycles. The third-order valence-corrected chi connectivity index (χ3v) is 3.70. The Morgan fingerprint density at radius 1 is 1.23 bits per heavy atom. The lowest BCUT2D eigenvalue weighted by Gasteiger charge is -2.06. The Morgan fingerprint density at radius 2 is 1.88 bits per heavy atom. The van der Waals surface area contributed by atoms with Gasteiger partial charge in [0.05, 0.1) is 12.2 Å². The van der Waals surface area contributed by atoms with Gasteiger partial charge < -0.3 is 4.74 Å². The zero-order valence-electron chi connectivity index (χ0n) is 14.3. The normalized spacial score (nSPS) is 11.4. The van der Waals surface area contributed by atoms with Crippen molar-refractivity contribution >= 4 is 11.7 Å². The van der Waals surface area contributed by atoms with Crippen LogP contribution in [0.15, 0.2) is 29.4 Å². The van der Waals surface area contributed by atoms with E-state index >= 15 is 0 Å². The number of carbonyl (C=O) groups is 1. The predicted molar refractivity (Wildman–Crippen MR) is 89.0 cm³/mol. The third-order valence-electron chi connectivity index (χ3n) is 3.70. The zero-order chi connectivity index (χ0) is 19.3. The van der Waals surface area contributed by atoms with Gasteiger partial charge in [0, 0.05) is 12.1 Å². The summed E-state index contributed by atoms with van der Waals surface area (Å²) in [7, 11) is 0. The number of carbonyl (C=O) groups excluding carboxylic acids is 1. The molecule has 0 radical (unpaired) electrons. The van der Waals surface area contributed by atoms with Crippen molar-refractivity contribution in [3.63, 3.8) is 0 Å². The molecule has 6 nitrogen and oxygen atoms in total. The first kappa shape index (κ1) is 19.6. The van der Waals surface area contributed by atoms with Crippen molar-refractivity contribution in [2.45, 2.75) is 39.4 Å². The van der Waals surface area contributed by atoms with Crippen LogP contribution in [0, 0.1) is 4.91 Å². The van der Waals surface area contributed by atoms with Crippen LogP contribution in [0.4, 0.5) is 18.9 Å². The fourth-order valence-electron chi connectivity index (χ4n) is 2.42. The Hall–Kier alpha value is -2.71. The Labute approximate surface area is 147 Å². The summed E-state index contributed by atoms with van der Waals surface area (Å²) in [5.74, 6) is -0.746. The van der Waals surface area contributed by atoms with Gasteiger partial charge in [-0.15, -0.1) is 4.91 Å². The zero-order valence-corrected chi connectivity index (χ0v) is 14.3. The van der Waals surface area contributed by atoms with Gasteiger partial charge in [-0.1, -0.05) is 25.5 Å². The maximum atomic E-state index is 12.7. The number of aryl methyl sites for hydroxylation is 1. The molecule has 0 aliphatic carbocycles. The van der Waals surface area contributed by atoms with E-state index in [0.29, 0.717) is 13.0 Å². The number of nitroso groups, excluding NO2 is 1. The SMILES string of the molecule is CCCCn1nc(-c2ccc(C(F)(F)F)cc2)c(N=O)c1C(=O)OCC. The average molecular weight is 369 g/mol. The summed E-state index contributed by atoms with van der Waals surface area (Å²) < 4.78 is 44.4. The summed E-state index contributed by atoms with van der Waals surface area (Å²) in [5.41, 5.74) is -0.844. The van der Waals surface area contributed by atoms with Gasteiger partial charge >= 0.3 is 12.1 Å². The second-order valence-electron chi connectivity index (χ2n) is 5.51. The summed E-state index contributed by atoms with van der Waals surface area (Å²) in [5, 5.41) is 7.12. The van der Waals surface area contributed by atoms with Gasteiger partial charge in [0.25, 0.3) is 0 Å². The number of unbranched alkanes of at least 4 members (excludes halogenated alkanes) is 1. The first-order chi connectivity index (χ1) is 12.3. The maximum Gasteiger partial charge on any atom is 0.416 e. The number of esters is 1. The van der Waals surface area contributed by atoms with Crippen LogP contribution in [0.3, 0.4) is 0 Å². The molecule has 0 spiro atoms. The number of nitrogens with zero attached hydrogens (tertiary/aromatic N) is 3. The molecule has 2 aromatic rings. The molecule has 1 aromatic carbocycles. The highest BCUT2D eigenvalue weighted by atomic mass is 19.4. The topological polar surface area (TPSA) is 73.5 Å². The van der Waals surface area contributed by atoms with E-state index in [2.05, 4.69) is 10.3 Å². The molecule has 26 heavy (non-hydrogen) atoms. The molecule has 0 unspecified atom stereocenters. The molecule has 1 heterocycles. The minimum atomic E-state index is -4.47. The van der Waals surface area contributed by atoms with Gasteiger partial charge in [0.2, 0.25) is 0 Å². The van der Waals surface area contributed by atoms with Crippen LogP contribution < -0.4 is 0 Å². The second kappa shape index (κ2) is 8.11. The summed E-state index contributed by atoms with van der Waals surface area (Å²) in [6.45, 7) is 4.03. The summed E-state index contributed by atoms with van der Waals surface area (Å²) >= 11 is 0. The summed E-state index contributed by atoms with van der Waals surface area (Å²) in [6, 6.07) is 4.16. The van der Waals surface area contributed by atoms with Gasteiger partial charge in [0.15, 0.2) is 11.4 Å². The molecular formula is C17H18F3N3O3. The highest BCUT2D eigenvalue weighted by Crippen LogP contribution is 2.36. The molecule has 0 bridgehead atoms. The van der Waals surface area contributed by atoms with E-state index in [4.69, 9.17) is 4.74 Å². The fraction of sp³-hybridized carbons (Fsp3) is 0.412. The largest absolute Gasteiger partial charge is 0.461 e. The Kier molecular flexibility index (Phi) is 6.12. The number of hydrogen-bond acceptors (Lipinski definition) is 5. The average Bonchev–Trinajstić information content (AvgIpc) is 2.98. The molecule has 0 saturated carbocycles. The van der Waals surface area contributed by atoms with E-state index in [1.807, 2.05) is 6.92 Å². The number of ether oxygens (including phenoxy) is 1. The van der Waals surface area contributed by atoms with Crippen LogP contribution in [0.5, 0.6) is 0 Å². The monoisotopic (exact) mass is 369 g/mol. The standard InChI is InChI=1S/C17H18F3N3O3/c1-3-5-10-23-15(16(24)26-4-2)14(22-25)13(21-23)11-6-8-12(9-7-11)17(18,19)20/h6-9H,3-5,10H2,1-2H3. The van der Waals surface area contributed by atoms with Gasteiger partial charge in [-0.2, -0.15) is 18.3 Å². The van der Waals surface area contributed by atoms with Crippen LogP contribution in [0.25, 0.3) is 11.3 Å². The minimum absolute atomic E-state index is 0.0490. The van der Waals surface area contributed by atoms with Gasteiger partial charge in [-0.25, -0.2) is 4.79 Å². The molecule has 0 amide bonds. The molecule has 0 fully saturated rings. The number of halogens is 3. The van der Waals surface area contributed by atoms with E-state index in [-0.39, 0.29) is 29.2 Å². The van der Waals surface area contributed by atoms with E-state index < -0.39 is 17.7 Å². The smallest absolute Gasteiger partial charge is 0.416 e. The van der Waals surface area contributed by atoms with Crippen molar-refractivity contribution < 1.29 is 22.7 Å². The summed E-state index contributed by atoms with van der Waals surface area (Å²) in [4.78, 5) is 23.6. The molecule has 0 atom stereocenters. The molecule has 2 rings (SSSR count). The van der Waals surface area contributed by atoms with Crippen molar-refractivity contribution in [1.82, 2.24) is 9.78 Å². The number of alkyl halides is 3. The first-order valence-electron chi connectivity index (χ1n) is 8.12. The van der Waals surface area contributed by atoms with E-state index in [1.165, 1.54) is 16.8 Å². The van der Waals surface area contributed by atoms with Crippen LogP contribution in [0.1, 0.15) is 42.7 Å². The van der Waals surface area contributed by atoms with Gasteiger partial charge in [0.1, 0.15) is 5.69 Å². The quantitative estimate of drug-likeness (QED) is 0.512. The van der Waals surface area contributed by atoms with Crippen LogP contribution >= 0.6 is 0 Å². The Balaban J connectivity index is 2.54. The Morgan fingerprint density at radius 3 is 2.38 bits per heavy atom. The van der Waals surface area contributed by atoms with Gasteiger partial charge in [-0.05, 0) is 30.7 Å². The number of rotatable bonds is 7. The number of aromatic nitrogens is 2. The molecule has 0 saturated heterocycles. The van der Waals surface area contributed by atoms with Crippen LogP contribution in [-0.2, 0) is 17.5 Å². The lowest BCUT2D eigenvalue weighted by molar-refractivity contribution is -0.137. The van der Waals surface area contributed by atoms with Crippen LogP contribution in [0.2, 0.25) is 0 Å². The molecule has 140 valence electrons. The first-order valence-corrected chi connectivity index (χ1v) is 8.12. The van der Waals surface area contributed by atoms with Crippen molar-refractivity contribution in [3.05, 3.63) is 40.4 Å². The third kappa shape index (κ3) is 4.09. The number of hydrogen-bond donors (Lipinski definition) is 0. The van der Waals surface area contributed by atoms with Crippen molar-refractivity contribution in [3.8, 4) is 11.3 Å². The predicted octanol–water partition coefficient (Wildman–Crippen LogP) is 4.94. The van der Waals surface area contributed by atoms with Gasteiger partial charge in [-0.3, -0.25) is 4.68 Å². The number of benzene rings is 1. The molecule has 0 aliphatic heterocycles. The van der Waals surface area contributed by atoms with E-state index in [0.717, 1.165) is 18.6 Å². The fourth-order valence-corrected chi connectivity index (χ4v) is 2.42. The second-order valence-corrected chi connectivity index (χ2v) is 5.51. The van der Waals surface area contributed by atoms with Crippen molar-refractivity contribution in [2.75, 3.05) is 6.61 Å². The molecular weight excluding hydrogens is 351 g/mol. The molecule has 0 N–H and O–H groups in total. The maximum absolute atomic E-state index is 12.7. The molecule has 0 aliphatic rings. The lowest BCUT2D eigenvalue weighted by Crippen LogP contribution is -2.13. The van der Waals surface area contributed by atoms with E-state index in [1.54, 1.807) is 6.92 Å². The van der Waals surface area contributed by atoms with Crippen molar-refractivity contribution in [2.24, 2.45) is 5.18 Å². The Bertz CT molecular complexity index is 783. The van der Waals surface area contributed by atoms with E-state index in [9.17, 15) is 22.9 Å². The highest BCUT2D eigenvalue weighted by Gasteiger charge is 2.31. The van der Waals surface area contributed by atoms with Crippen LogP contribution in [-0.4, -0.2) is 22.4 Å². The van der Waals surface area contributed by atoms with Crippen molar-refractivity contribution in [1.29, 1.82) is 0 Å². The highest BCUT2D eigenvalue weighted by molar-refractivity contribution is 5.97. The summed E-state index contributed by atoms with van der Waals surface area (Å²) in [6.07, 6.45) is -2.96. The lowest BCUT2D eigenvalue weighted by atomic mass is 10.1. The minimum Gasteiger partial charge on any atom is -0.461 e. The molecule has 9 heteroatoms.